The first-order valence-electron chi connectivity index (χ1n) is 9.99. The number of thioether (sulfide) groups is 1. The normalized spacial score (nSPS) is 16.1. The standard InChI is InChI=1S/C19H36N4O6S/c1-6-11(4)15(23-16(25)12(20)7-8-30-5)18(27)22-14(10(2)3)17(26)21-13(9-24)19(28)29/h10-15,24H,6-9,20H2,1-5H3,(H,21,26)(H,22,27)(H,23,25)(H,28,29). The molecule has 0 aliphatic carbocycles. The van der Waals surface area contributed by atoms with Gasteiger partial charge in [0.25, 0.3) is 0 Å². The van der Waals surface area contributed by atoms with Crippen molar-refractivity contribution in [3.05, 3.63) is 0 Å². The van der Waals surface area contributed by atoms with Crippen LogP contribution in [0.3, 0.4) is 0 Å². The summed E-state index contributed by atoms with van der Waals surface area (Å²) in [4.78, 5) is 48.9. The van der Waals surface area contributed by atoms with Gasteiger partial charge in [-0.05, 0) is 30.3 Å². The molecule has 30 heavy (non-hydrogen) atoms. The lowest BCUT2D eigenvalue weighted by atomic mass is 9.96. The van der Waals surface area contributed by atoms with Gasteiger partial charge in [0.15, 0.2) is 0 Å². The summed E-state index contributed by atoms with van der Waals surface area (Å²) >= 11 is 1.56. The molecule has 0 aliphatic heterocycles. The highest BCUT2D eigenvalue weighted by molar-refractivity contribution is 7.98. The predicted octanol–water partition coefficient (Wildman–Crippen LogP) is -0.700. The van der Waals surface area contributed by atoms with Crippen molar-refractivity contribution >= 4 is 35.5 Å². The molecule has 0 bridgehead atoms. The van der Waals surface area contributed by atoms with Crippen LogP contribution in [0.25, 0.3) is 0 Å². The van der Waals surface area contributed by atoms with Gasteiger partial charge in [0, 0.05) is 0 Å². The Balaban J connectivity index is 5.34. The van der Waals surface area contributed by atoms with Crippen LogP contribution in [0.15, 0.2) is 0 Å². The first-order chi connectivity index (χ1) is 14.0. The van der Waals surface area contributed by atoms with Crippen molar-refractivity contribution in [1.29, 1.82) is 0 Å². The molecule has 11 heteroatoms. The number of rotatable bonds is 14. The SMILES string of the molecule is CCC(C)C(NC(=O)C(N)CCSC)C(=O)NC(C(=O)NC(CO)C(=O)O)C(C)C. The van der Waals surface area contributed by atoms with E-state index in [1.807, 2.05) is 13.2 Å². The Morgan fingerprint density at radius 3 is 1.93 bits per heavy atom. The lowest BCUT2D eigenvalue weighted by molar-refractivity contribution is -0.143. The van der Waals surface area contributed by atoms with Gasteiger partial charge in [0.1, 0.15) is 18.1 Å². The largest absolute Gasteiger partial charge is 0.480 e. The number of carboxylic acids is 1. The van der Waals surface area contributed by atoms with Gasteiger partial charge in [0.05, 0.1) is 12.6 Å². The maximum absolute atomic E-state index is 12.9. The van der Waals surface area contributed by atoms with Crippen LogP contribution in [0.1, 0.15) is 40.5 Å². The number of nitrogens with one attached hydrogen (secondary N) is 3. The van der Waals surface area contributed by atoms with E-state index >= 15 is 0 Å². The molecule has 10 nitrogen and oxygen atoms in total. The highest BCUT2D eigenvalue weighted by Crippen LogP contribution is 2.11. The fourth-order valence-corrected chi connectivity index (χ4v) is 3.05. The number of aliphatic carboxylic acids is 1. The fraction of sp³-hybridized carbons (Fsp3) is 0.789. The summed E-state index contributed by atoms with van der Waals surface area (Å²) in [5.74, 6) is -2.99. The molecule has 0 fully saturated rings. The molecular weight excluding hydrogens is 412 g/mol. The van der Waals surface area contributed by atoms with Crippen LogP contribution in [0.2, 0.25) is 0 Å². The second-order valence-corrected chi connectivity index (χ2v) is 8.56. The van der Waals surface area contributed by atoms with Crippen LogP contribution in [-0.2, 0) is 19.2 Å². The van der Waals surface area contributed by atoms with E-state index in [1.165, 1.54) is 0 Å². The number of aliphatic hydroxyl groups is 1. The van der Waals surface area contributed by atoms with E-state index in [-0.39, 0.29) is 11.8 Å². The Hall–Kier alpha value is -1.85. The van der Waals surface area contributed by atoms with Gasteiger partial charge in [-0.25, -0.2) is 4.79 Å². The number of carbonyl (C=O) groups excluding carboxylic acids is 3. The zero-order valence-electron chi connectivity index (χ0n) is 18.3. The summed E-state index contributed by atoms with van der Waals surface area (Å²) in [5, 5.41) is 25.6. The van der Waals surface area contributed by atoms with Crippen LogP contribution < -0.4 is 21.7 Å². The van der Waals surface area contributed by atoms with Gasteiger partial charge in [-0.2, -0.15) is 11.8 Å². The lowest BCUT2D eigenvalue weighted by Gasteiger charge is -2.29. The minimum absolute atomic E-state index is 0.221. The van der Waals surface area contributed by atoms with Crippen LogP contribution in [0.5, 0.6) is 0 Å². The van der Waals surface area contributed by atoms with Gasteiger partial charge >= 0.3 is 5.97 Å². The summed E-state index contributed by atoms with van der Waals surface area (Å²) in [6.07, 6.45) is 2.97. The first kappa shape index (κ1) is 28.1. The first-order valence-corrected chi connectivity index (χ1v) is 11.4. The van der Waals surface area contributed by atoms with E-state index in [4.69, 9.17) is 15.9 Å². The molecule has 0 aromatic rings. The van der Waals surface area contributed by atoms with Crippen LogP contribution in [0.4, 0.5) is 0 Å². The molecule has 0 rings (SSSR count). The summed E-state index contributed by atoms with van der Waals surface area (Å²) < 4.78 is 0. The number of carbonyl (C=O) groups is 4. The van der Waals surface area contributed by atoms with Crippen LogP contribution in [-0.4, -0.2) is 76.7 Å². The van der Waals surface area contributed by atoms with Crippen molar-refractivity contribution in [3.8, 4) is 0 Å². The molecule has 0 spiro atoms. The minimum atomic E-state index is -1.48. The van der Waals surface area contributed by atoms with Crippen LogP contribution >= 0.6 is 11.8 Å². The van der Waals surface area contributed by atoms with Crippen molar-refractivity contribution in [3.63, 3.8) is 0 Å². The van der Waals surface area contributed by atoms with Gasteiger partial charge < -0.3 is 31.9 Å². The quantitative estimate of drug-likeness (QED) is 0.202. The third kappa shape index (κ3) is 9.31. The molecule has 174 valence electrons. The third-order valence-electron chi connectivity index (χ3n) is 4.81. The van der Waals surface area contributed by atoms with E-state index in [9.17, 15) is 19.2 Å². The third-order valence-corrected chi connectivity index (χ3v) is 5.45. The van der Waals surface area contributed by atoms with Crippen LogP contribution in [0, 0.1) is 11.8 Å². The Bertz CT molecular complexity index is 589. The van der Waals surface area contributed by atoms with Crippen molar-refractivity contribution in [2.45, 2.75) is 64.7 Å². The van der Waals surface area contributed by atoms with Gasteiger partial charge in [-0.3, -0.25) is 14.4 Å². The molecule has 0 aromatic carbocycles. The molecule has 5 atom stereocenters. The predicted molar refractivity (Wildman–Crippen MR) is 116 cm³/mol. The van der Waals surface area contributed by atoms with Gasteiger partial charge in [-0.1, -0.05) is 34.1 Å². The molecule has 0 radical (unpaired) electrons. The Kier molecular flexibility index (Phi) is 13.3. The van der Waals surface area contributed by atoms with E-state index in [0.717, 1.165) is 0 Å². The summed E-state index contributed by atoms with van der Waals surface area (Å²) in [6, 6.07) is -4.17. The molecule has 0 aromatic heterocycles. The summed E-state index contributed by atoms with van der Waals surface area (Å²) in [5.41, 5.74) is 5.89. The number of carboxylic acid groups (broad SMARTS) is 1. The summed E-state index contributed by atoms with van der Waals surface area (Å²) in [7, 11) is 0. The average molecular weight is 449 g/mol. The average Bonchev–Trinajstić information content (AvgIpc) is 2.70. The summed E-state index contributed by atoms with van der Waals surface area (Å²) in [6.45, 7) is 6.27. The van der Waals surface area contributed by atoms with Crippen molar-refractivity contribution in [2.24, 2.45) is 17.6 Å². The lowest BCUT2D eigenvalue weighted by Crippen LogP contribution is -2.60. The zero-order chi connectivity index (χ0) is 23.4. The second-order valence-electron chi connectivity index (χ2n) is 7.57. The minimum Gasteiger partial charge on any atom is -0.480 e. The van der Waals surface area contributed by atoms with E-state index in [0.29, 0.717) is 18.6 Å². The van der Waals surface area contributed by atoms with Gasteiger partial charge in [0.2, 0.25) is 17.7 Å². The maximum Gasteiger partial charge on any atom is 0.328 e. The Morgan fingerprint density at radius 2 is 1.50 bits per heavy atom. The zero-order valence-corrected chi connectivity index (χ0v) is 19.1. The number of hydrogen-bond acceptors (Lipinski definition) is 7. The molecule has 5 unspecified atom stereocenters. The Labute approximate surface area is 182 Å². The smallest absolute Gasteiger partial charge is 0.328 e. The number of amides is 3. The Morgan fingerprint density at radius 1 is 0.967 bits per heavy atom. The van der Waals surface area contributed by atoms with Gasteiger partial charge in [-0.15, -0.1) is 0 Å². The second kappa shape index (κ2) is 14.2. The molecular formula is C19H36N4O6S. The molecule has 3 amide bonds. The highest BCUT2D eigenvalue weighted by atomic mass is 32.2. The van der Waals surface area contributed by atoms with E-state index < -0.39 is 54.5 Å². The number of aliphatic hydroxyl groups excluding tert-OH is 1. The monoisotopic (exact) mass is 448 g/mol. The molecule has 7 N–H and O–H groups in total. The molecule has 0 aliphatic rings. The number of hydrogen-bond donors (Lipinski definition) is 6. The maximum atomic E-state index is 12.9. The fourth-order valence-electron chi connectivity index (χ4n) is 2.56. The van der Waals surface area contributed by atoms with Crippen molar-refractivity contribution in [1.82, 2.24) is 16.0 Å². The molecule has 0 heterocycles. The van der Waals surface area contributed by atoms with Crippen molar-refractivity contribution in [2.75, 3.05) is 18.6 Å². The van der Waals surface area contributed by atoms with E-state index in [1.54, 1.807) is 32.5 Å². The van der Waals surface area contributed by atoms with E-state index in [2.05, 4.69) is 16.0 Å². The topological polar surface area (TPSA) is 171 Å². The number of nitrogens with two attached hydrogens (primary N) is 1. The van der Waals surface area contributed by atoms with Crippen molar-refractivity contribution < 1.29 is 29.4 Å². The molecule has 0 saturated heterocycles. The molecule has 0 saturated carbocycles. The highest BCUT2D eigenvalue weighted by Gasteiger charge is 2.33.